The minimum atomic E-state index is -1.39. The average Bonchev–Trinajstić information content (AvgIpc) is 2.32. The van der Waals surface area contributed by atoms with Crippen LogP contribution in [0.4, 0.5) is 20.6 Å². The highest BCUT2D eigenvalue weighted by atomic mass is 19.1. The van der Waals surface area contributed by atoms with Crippen LogP contribution in [0.1, 0.15) is 0 Å². The molecule has 0 bridgehead atoms. The lowest BCUT2D eigenvalue weighted by Crippen LogP contribution is -2.49. The van der Waals surface area contributed by atoms with E-state index in [9.17, 15) is 14.0 Å². The maximum atomic E-state index is 13.7. The van der Waals surface area contributed by atoms with Crippen molar-refractivity contribution in [1.29, 1.82) is 0 Å². The van der Waals surface area contributed by atoms with Gasteiger partial charge in [-0.25, -0.2) is 9.18 Å². The molecule has 0 fully saturated rings. The summed E-state index contributed by atoms with van der Waals surface area (Å²) in [4.78, 5) is 24.6. The van der Waals surface area contributed by atoms with Gasteiger partial charge in [0, 0.05) is 6.54 Å². The van der Waals surface area contributed by atoms with Gasteiger partial charge < -0.3 is 15.1 Å². The van der Waals surface area contributed by atoms with Gasteiger partial charge in [-0.3, -0.25) is 9.69 Å². The molecule has 1 aliphatic heterocycles. The van der Waals surface area contributed by atoms with E-state index in [1.165, 1.54) is 17.0 Å². The largest absolute Gasteiger partial charge is 0.465 e. The van der Waals surface area contributed by atoms with Gasteiger partial charge in [0.1, 0.15) is 18.0 Å². The SMILES string of the molecule is O=C1CN(C(=O)O)c2c(F)cccc2N1CCO. The molecule has 1 aliphatic rings. The third-order valence-electron chi connectivity index (χ3n) is 2.68. The van der Waals surface area contributed by atoms with Crippen molar-refractivity contribution in [2.45, 2.75) is 0 Å². The lowest BCUT2D eigenvalue weighted by atomic mass is 10.1. The molecule has 6 nitrogen and oxygen atoms in total. The summed E-state index contributed by atoms with van der Waals surface area (Å²) in [5.41, 5.74) is 0.000694. The number of β-amino-alcohol motifs (C(OH)–C–C–N with tert-alkyl or cyclic N) is 1. The van der Waals surface area contributed by atoms with Crippen LogP contribution in [0.2, 0.25) is 0 Å². The van der Waals surface area contributed by atoms with Crippen molar-refractivity contribution in [2.24, 2.45) is 0 Å². The number of carbonyl (C=O) groups is 2. The van der Waals surface area contributed by atoms with E-state index in [0.717, 1.165) is 6.07 Å². The van der Waals surface area contributed by atoms with Crippen molar-refractivity contribution in [3.63, 3.8) is 0 Å². The molecule has 0 unspecified atom stereocenters. The van der Waals surface area contributed by atoms with Gasteiger partial charge in [-0.1, -0.05) is 6.07 Å². The third kappa shape index (κ3) is 1.88. The maximum absolute atomic E-state index is 13.7. The molecule has 0 radical (unpaired) electrons. The Labute approximate surface area is 102 Å². The van der Waals surface area contributed by atoms with Crippen molar-refractivity contribution in [3.8, 4) is 0 Å². The van der Waals surface area contributed by atoms with Crippen LogP contribution in [0.25, 0.3) is 0 Å². The minimum Gasteiger partial charge on any atom is -0.465 e. The lowest BCUT2D eigenvalue weighted by Gasteiger charge is -2.34. The summed E-state index contributed by atoms with van der Waals surface area (Å²) in [6.45, 7) is -0.735. The Morgan fingerprint density at radius 2 is 2.17 bits per heavy atom. The van der Waals surface area contributed by atoms with E-state index in [4.69, 9.17) is 10.2 Å². The van der Waals surface area contributed by atoms with Gasteiger partial charge in [-0.05, 0) is 12.1 Å². The Morgan fingerprint density at radius 1 is 1.44 bits per heavy atom. The molecule has 0 saturated carbocycles. The van der Waals surface area contributed by atoms with E-state index >= 15 is 0 Å². The first kappa shape index (κ1) is 12.3. The van der Waals surface area contributed by atoms with Gasteiger partial charge >= 0.3 is 6.09 Å². The highest BCUT2D eigenvalue weighted by Gasteiger charge is 2.34. The van der Waals surface area contributed by atoms with E-state index in [-0.39, 0.29) is 24.5 Å². The predicted octanol–water partition coefficient (Wildman–Crippen LogP) is 0.649. The van der Waals surface area contributed by atoms with E-state index < -0.39 is 24.4 Å². The lowest BCUT2D eigenvalue weighted by molar-refractivity contribution is -0.117. The van der Waals surface area contributed by atoms with Crippen molar-refractivity contribution < 1.29 is 24.2 Å². The molecular weight excluding hydrogens is 243 g/mol. The fourth-order valence-corrected chi connectivity index (χ4v) is 1.93. The van der Waals surface area contributed by atoms with Crippen molar-refractivity contribution in [2.75, 3.05) is 29.5 Å². The summed E-state index contributed by atoms with van der Waals surface area (Å²) in [6, 6.07) is 3.96. The molecule has 96 valence electrons. The second-order valence-electron chi connectivity index (χ2n) is 3.75. The van der Waals surface area contributed by atoms with Crippen LogP contribution in [0, 0.1) is 5.82 Å². The first-order chi connectivity index (χ1) is 8.56. The monoisotopic (exact) mass is 254 g/mol. The molecule has 2 amide bonds. The van der Waals surface area contributed by atoms with E-state index in [1.807, 2.05) is 0 Å². The molecule has 1 aromatic carbocycles. The van der Waals surface area contributed by atoms with Gasteiger partial charge in [-0.2, -0.15) is 0 Å². The fourth-order valence-electron chi connectivity index (χ4n) is 1.93. The molecule has 0 atom stereocenters. The number of aliphatic hydroxyl groups is 1. The highest BCUT2D eigenvalue weighted by Crippen LogP contribution is 2.35. The molecule has 0 aromatic heterocycles. The van der Waals surface area contributed by atoms with E-state index in [0.29, 0.717) is 4.90 Å². The van der Waals surface area contributed by atoms with Crippen molar-refractivity contribution >= 4 is 23.4 Å². The maximum Gasteiger partial charge on any atom is 0.412 e. The first-order valence-corrected chi connectivity index (χ1v) is 5.26. The second kappa shape index (κ2) is 4.61. The molecule has 0 saturated heterocycles. The van der Waals surface area contributed by atoms with Crippen LogP contribution >= 0.6 is 0 Å². The molecule has 2 rings (SSSR count). The Kier molecular flexibility index (Phi) is 3.15. The predicted molar refractivity (Wildman–Crippen MR) is 61.2 cm³/mol. The molecule has 0 spiro atoms. The Morgan fingerprint density at radius 3 is 2.78 bits per heavy atom. The molecule has 0 aliphatic carbocycles. The number of hydrogen-bond donors (Lipinski definition) is 2. The van der Waals surface area contributed by atoms with Crippen LogP contribution in [-0.4, -0.2) is 41.9 Å². The van der Waals surface area contributed by atoms with Gasteiger partial charge in [-0.15, -0.1) is 0 Å². The van der Waals surface area contributed by atoms with Crippen LogP contribution in [0.3, 0.4) is 0 Å². The number of benzene rings is 1. The number of hydrogen-bond acceptors (Lipinski definition) is 3. The average molecular weight is 254 g/mol. The number of para-hydroxylation sites is 1. The van der Waals surface area contributed by atoms with Gasteiger partial charge in [0.15, 0.2) is 0 Å². The molecular formula is C11H11FN2O4. The minimum absolute atomic E-state index is 0.00272. The zero-order chi connectivity index (χ0) is 13.3. The van der Waals surface area contributed by atoms with Crippen molar-refractivity contribution in [3.05, 3.63) is 24.0 Å². The molecule has 18 heavy (non-hydrogen) atoms. The topological polar surface area (TPSA) is 81.1 Å². The zero-order valence-corrected chi connectivity index (χ0v) is 9.34. The van der Waals surface area contributed by atoms with Crippen molar-refractivity contribution in [1.82, 2.24) is 0 Å². The number of nitrogens with zero attached hydrogens (tertiary/aromatic N) is 2. The van der Waals surface area contributed by atoms with Gasteiger partial charge in [0.25, 0.3) is 0 Å². The van der Waals surface area contributed by atoms with E-state index in [2.05, 4.69) is 0 Å². The summed E-state index contributed by atoms with van der Waals surface area (Å²) in [5.74, 6) is -1.21. The standard InChI is InChI=1S/C11H11FN2O4/c12-7-2-1-3-8-10(7)14(11(17)18)6-9(16)13(8)4-5-15/h1-3,15H,4-6H2,(H,17,18). The summed E-state index contributed by atoms with van der Waals surface area (Å²) in [6.07, 6.45) is -1.39. The fraction of sp³-hybridized carbons (Fsp3) is 0.273. The molecule has 1 aromatic rings. The molecule has 2 N–H and O–H groups in total. The smallest absolute Gasteiger partial charge is 0.412 e. The van der Waals surface area contributed by atoms with Gasteiger partial charge in [0.05, 0.1) is 12.3 Å². The number of aliphatic hydroxyl groups excluding tert-OH is 1. The quantitative estimate of drug-likeness (QED) is 0.811. The summed E-state index contributed by atoms with van der Waals surface area (Å²) in [5, 5.41) is 17.9. The number of halogens is 1. The van der Waals surface area contributed by atoms with Crippen LogP contribution in [-0.2, 0) is 4.79 Å². The Hall–Kier alpha value is -2.15. The van der Waals surface area contributed by atoms with Crippen LogP contribution < -0.4 is 9.80 Å². The summed E-state index contributed by atoms with van der Waals surface area (Å²) >= 11 is 0. The Balaban J connectivity index is 2.56. The third-order valence-corrected chi connectivity index (χ3v) is 2.68. The van der Waals surface area contributed by atoms with Gasteiger partial charge in [0.2, 0.25) is 5.91 Å². The first-order valence-electron chi connectivity index (χ1n) is 5.26. The number of carboxylic acid groups (broad SMARTS) is 1. The number of amides is 2. The van der Waals surface area contributed by atoms with E-state index in [1.54, 1.807) is 0 Å². The van der Waals surface area contributed by atoms with Crippen LogP contribution in [0.5, 0.6) is 0 Å². The number of fused-ring (bicyclic) bond motifs is 1. The van der Waals surface area contributed by atoms with Crippen LogP contribution in [0.15, 0.2) is 18.2 Å². The number of rotatable bonds is 2. The molecule has 7 heteroatoms. The second-order valence-corrected chi connectivity index (χ2v) is 3.75. The zero-order valence-electron chi connectivity index (χ0n) is 9.34. The molecule has 1 heterocycles. The summed E-state index contributed by atoms with van der Waals surface area (Å²) < 4.78 is 13.7. The number of carbonyl (C=O) groups excluding carboxylic acids is 1. The summed E-state index contributed by atoms with van der Waals surface area (Å²) in [7, 11) is 0. The Bertz CT molecular complexity index is 506. The normalized spacial score (nSPS) is 14.7. The highest BCUT2D eigenvalue weighted by molar-refractivity contribution is 6.09. The number of anilines is 2.